The Hall–Kier alpha value is -3.90. The lowest BCUT2D eigenvalue weighted by Crippen LogP contribution is -2.31. The topological polar surface area (TPSA) is 123 Å². The molecule has 1 saturated carbocycles. The Morgan fingerprint density at radius 1 is 1.29 bits per heavy atom. The van der Waals surface area contributed by atoms with Gasteiger partial charge >= 0.3 is 5.97 Å². The van der Waals surface area contributed by atoms with Crippen molar-refractivity contribution in [2.75, 3.05) is 6.61 Å². The van der Waals surface area contributed by atoms with E-state index in [0.29, 0.717) is 45.5 Å². The molecule has 34 heavy (non-hydrogen) atoms. The maximum atomic E-state index is 12.9. The van der Waals surface area contributed by atoms with Gasteiger partial charge in [0.2, 0.25) is 0 Å². The van der Waals surface area contributed by atoms with Crippen molar-refractivity contribution < 1.29 is 14.6 Å². The Bertz CT molecular complexity index is 1550. The molecule has 0 bridgehead atoms. The minimum Gasteiger partial charge on any atom is -0.492 e. The van der Waals surface area contributed by atoms with Crippen LogP contribution in [0.1, 0.15) is 37.1 Å². The molecule has 1 unspecified atom stereocenters. The normalized spacial score (nSPS) is 14.3. The van der Waals surface area contributed by atoms with Gasteiger partial charge in [0, 0.05) is 17.0 Å². The number of carboxylic acids is 1. The molecule has 1 fully saturated rings. The summed E-state index contributed by atoms with van der Waals surface area (Å²) in [7, 11) is 0. The van der Waals surface area contributed by atoms with Gasteiger partial charge < -0.3 is 9.84 Å². The van der Waals surface area contributed by atoms with Crippen LogP contribution in [-0.2, 0) is 11.3 Å². The molecule has 5 rings (SSSR count). The lowest BCUT2D eigenvalue weighted by molar-refractivity contribution is -0.140. The molecule has 4 aromatic rings. The molecule has 0 saturated heterocycles. The molecule has 2 aromatic heterocycles. The van der Waals surface area contributed by atoms with Crippen molar-refractivity contribution in [3.05, 3.63) is 63.2 Å². The van der Waals surface area contributed by atoms with Gasteiger partial charge in [-0.2, -0.15) is 15.5 Å². The number of nitrogens with zero attached hydrogens (tertiary/aromatic N) is 5. The Morgan fingerprint density at radius 3 is 2.79 bits per heavy atom. The first-order valence-corrected chi connectivity index (χ1v) is 11.2. The second-order valence-corrected chi connectivity index (χ2v) is 8.91. The average molecular weight is 478 g/mol. The lowest BCUT2D eigenvalue weighted by Gasteiger charge is -2.14. The third-order valence-corrected chi connectivity index (χ3v) is 6.23. The van der Waals surface area contributed by atoms with Gasteiger partial charge in [0.25, 0.3) is 5.56 Å². The third kappa shape index (κ3) is 4.08. The van der Waals surface area contributed by atoms with Crippen LogP contribution in [0.4, 0.5) is 0 Å². The van der Waals surface area contributed by atoms with E-state index < -0.39 is 17.6 Å². The summed E-state index contributed by atoms with van der Waals surface area (Å²) in [5.41, 5.74) is 0.920. The Balaban J connectivity index is 1.58. The number of rotatable bonds is 7. The fraction of sp³-hybridized carbons (Fsp3) is 0.292. The zero-order valence-corrected chi connectivity index (χ0v) is 19.0. The van der Waals surface area contributed by atoms with Crippen molar-refractivity contribution in [2.45, 2.75) is 32.4 Å². The van der Waals surface area contributed by atoms with Crippen LogP contribution in [0.5, 0.6) is 5.75 Å². The molecular weight excluding hydrogens is 458 g/mol. The van der Waals surface area contributed by atoms with E-state index >= 15 is 0 Å². The maximum absolute atomic E-state index is 12.9. The van der Waals surface area contributed by atoms with Crippen molar-refractivity contribution in [1.82, 2.24) is 19.6 Å². The highest BCUT2D eigenvalue weighted by atomic mass is 35.5. The molecule has 0 radical (unpaired) electrons. The molecule has 9 nitrogen and oxygen atoms in total. The summed E-state index contributed by atoms with van der Waals surface area (Å²) in [6, 6.07) is 9.11. The van der Waals surface area contributed by atoms with Gasteiger partial charge in [-0.05, 0) is 56.0 Å². The SMILES string of the molecule is CC(C(=O)O)n1nc(Cn2cc3cc(OCC4CC4)c(Cl)cc3n2)c2cc(C#N)ccc2c1=O. The summed E-state index contributed by atoms with van der Waals surface area (Å²) >= 11 is 6.38. The lowest BCUT2D eigenvalue weighted by atomic mass is 10.1. The van der Waals surface area contributed by atoms with Crippen LogP contribution in [0.3, 0.4) is 0 Å². The smallest absolute Gasteiger partial charge is 0.328 e. The summed E-state index contributed by atoms with van der Waals surface area (Å²) in [5, 5.41) is 29.7. The monoisotopic (exact) mass is 477 g/mol. The van der Waals surface area contributed by atoms with Crippen molar-refractivity contribution in [3.63, 3.8) is 0 Å². The van der Waals surface area contributed by atoms with E-state index in [1.165, 1.54) is 31.9 Å². The number of carboxylic acid groups (broad SMARTS) is 1. The van der Waals surface area contributed by atoms with Crippen molar-refractivity contribution in [1.29, 1.82) is 5.26 Å². The first-order valence-electron chi connectivity index (χ1n) is 10.8. The van der Waals surface area contributed by atoms with Crippen LogP contribution < -0.4 is 10.3 Å². The van der Waals surface area contributed by atoms with E-state index in [4.69, 9.17) is 16.3 Å². The fourth-order valence-corrected chi connectivity index (χ4v) is 4.00. The maximum Gasteiger partial charge on any atom is 0.328 e. The summed E-state index contributed by atoms with van der Waals surface area (Å²) in [6.07, 6.45) is 4.16. The van der Waals surface area contributed by atoms with E-state index in [0.717, 1.165) is 10.1 Å². The predicted molar refractivity (Wildman–Crippen MR) is 125 cm³/mol. The molecule has 0 spiro atoms. The molecule has 1 atom stereocenters. The van der Waals surface area contributed by atoms with Crippen LogP contribution in [0, 0.1) is 17.2 Å². The van der Waals surface area contributed by atoms with Gasteiger partial charge in [0.15, 0.2) is 6.04 Å². The van der Waals surface area contributed by atoms with Gasteiger partial charge in [0.1, 0.15) is 5.75 Å². The van der Waals surface area contributed by atoms with Crippen LogP contribution in [0.2, 0.25) is 5.02 Å². The highest BCUT2D eigenvalue weighted by molar-refractivity contribution is 6.32. The third-order valence-electron chi connectivity index (χ3n) is 5.94. The molecule has 0 amide bonds. The fourth-order valence-electron chi connectivity index (χ4n) is 3.79. The van der Waals surface area contributed by atoms with Gasteiger partial charge in [-0.15, -0.1) is 0 Å². The number of ether oxygens (including phenoxy) is 1. The number of aliphatic carboxylic acids is 1. The molecule has 1 aliphatic rings. The first kappa shape index (κ1) is 21.9. The number of benzene rings is 2. The number of halogens is 1. The highest BCUT2D eigenvalue weighted by Gasteiger charge is 2.23. The minimum atomic E-state index is -1.17. The van der Waals surface area contributed by atoms with Crippen LogP contribution in [0.25, 0.3) is 21.7 Å². The van der Waals surface area contributed by atoms with E-state index in [1.807, 2.05) is 12.3 Å². The number of fused-ring (bicyclic) bond motifs is 2. The summed E-state index contributed by atoms with van der Waals surface area (Å²) in [6.45, 7) is 2.19. The summed E-state index contributed by atoms with van der Waals surface area (Å²) in [5.74, 6) is 0.0226. The summed E-state index contributed by atoms with van der Waals surface area (Å²) in [4.78, 5) is 24.5. The standard InChI is InChI=1S/C24H20ClN5O4/c1-13(24(32)33)30-23(31)17-5-4-15(9-26)6-18(17)21(28-30)11-29-10-16-7-22(34-12-14-2-3-14)19(25)8-20(16)27-29/h4-8,10,13-14H,2-3,11-12H2,1H3,(H,32,33). The number of nitriles is 1. The molecule has 2 aromatic carbocycles. The number of aromatic nitrogens is 4. The molecule has 10 heteroatoms. The summed E-state index contributed by atoms with van der Waals surface area (Å²) < 4.78 is 8.45. The Morgan fingerprint density at radius 2 is 2.09 bits per heavy atom. The molecule has 0 aliphatic heterocycles. The molecule has 172 valence electrons. The molecule has 1 aliphatic carbocycles. The van der Waals surface area contributed by atoms with Gasteiger partial charge in [-0.1, -0.05) is 11.6 Å². The number of hydrogen-bond acceptors (Lipinski definition) is 6. The van der Waals surface area contributed by atoms with Gasteiger partial charge in [-0.3, -0.25) is 9.48 Å². The van der Waals surface area contributed by atoms with E-state index in [2.05, 4.69) is 16.3 Å². The second-order valence-electron chi connectivity index (χ2n) is 8.51. The van der Waals surface area contributed by atoms with Crippen LogP contribution in [0.15, 0.2) is 41.3 Å². The molecular formula is C24H20ClN5O4. The zero-order chi connectivity index (χ0) is 24.0. The number of carbonyl (C=O) groups is 1. The largest absolute Gasteiger partial charge is 0.492 e. The van der Waals surface area contributed by atoms with Crippen LogP contribution in [-0.4, -0.2) is 37.2 Å². The van der Waals surface area contributed by atoms with Crippen LogP contribution >= 0.6 is 11.6 Å². The average Bonchev–Trinajstić information content (AvgIpc) is 3.57. The second kappa shape index (κ2) is 8.47. The molecule has 1 N–H and O–H groups in total. The Kier molecular flexibility index (Phi) is 5.46. The number of hydrogen-bond donors (Lipinski definition) is 1. The van der Waals surface area contributed by atoms with E-state index in [1.54, 1.807) is 16.8 Å². The van der Waals surface area contributed by atoms with Gasteiger partial charge in [-0.25, -0.2) is 9.48 Å². The minimum absolute atomic E-state index is 0.155. The van der Waals surface area contributed by atoms with Crippen molar-refractivity contribution in [2.24, 2.45) is 5.92 Å². The van der Waals surface area contributed by atoms with Crippen molar-refractivity contribution in [3.8, 4) is 11.8 Å². The first-order chi connectivity index (χ1) is 16.3. The van der Waals surface area contributed by atoms with Gasteiger partial charge in [0.05, 0.1) is 46.4 Å². The highest BCUT2D eigenvalue weighted by Crippen LogP contribution is 2.34. The van der Waals surface area contributed by atoms with E-state index in [-0.39, 0.29) is 11.9 Å². The zero-order valence-electron chi connectivity index (χ0n) is 18.2. The Labute approximate surface area is 198 Å². The van der Waals surface area contributed by atoms with Crippen molar-refractivity contribution >= 4 is 39.2 Å². The predicted octanol–water partition coefficient (Wildman–Crippen LogP) is 3.75. The molecule has 2 heterocycles. The van der Waals surface area contributed by atoms with E-state index in [9.17, 15) is 20.0 Å². The quantitative estimate of drug-likeness (QED) is 0.430.